The molecule has 1 atom stereocenters. The predicted octanol–water partition coefficient (Wildman–Crippen LogP) is 3.38. The van der Waals surface area contributed by atoms with E-state index in [2.05, 4.69) is 29.8 Å². The van der Waals surface area contributed by atoms with E-state index < -0.39 is 0 Å². The Bertz CT molecular complexity index is 540. The van der Waals surface area contributed by atoms with Crippen molar-refractivity contribution in [2.45, 2.75) is 13.0 Å². The zero-order chi connectivity index (χ0) is 12.3. The third-order valence-electron chi connectivity index (χ3n) is 2.60. The van der Waals surface area contributed by atoms with Crippen LogP contribution in [0.5, 0.6) is 0 Å². The molecular formula is C13H13N3S. The van der Waals surface area contributed by atoms with Crippen LogP contribution in [0.15, 0.2) is 35.0 Å². The Morgan fingerprint density at radius 1 is 1.41 bits per heavy atom. The average Bonchev–Trinajstić information content (AvgIpc) is 2.85. The zero-order valence-corrected chi connectivity index (χ0v) is 10.3. The number of nitrogens with two attached hydrogens (primary N) is 1. The number of nitrogens with one attached hydrogen (secondary N) is 1. The minimum atomic E-state index is 0.178. The van der Waals surface area contributed by atoms with Gasteiger partial charge in [-0.05, 0) is 47.5 Å². The van der Waals surface area contributed by atoms with Crippen molar-refractivity contribution in [3.63, 3.8) is 0 Å². The van der Waals surface area contributed by atoms with Crippen molar-refractivity contribution in [2.75, 3.05) is 11.1 Å². The Balaban J connectivity index is 2.21. The van der Waals surface area contributed by atoms with Gasteiger partial charge in [0.1, 0.15) is 0 Å². The molecule has 0 fully saturated rings. The van der Waals surface area contributed by atoms with Crippen LogP contribution in [0.4, 0.5) is 11.4 Å². The number of rotatable bonds is 3. The first kappa shape index (κ1) is 11.5. The molecule has 0 saturated heterocycles. The lowest BCUT2D eigenvalue weighted by molar-refractivity contribution is 0.891. The molecule has 0 spiro atoms. The molecule has 17 heavy (non-hydrogen) atoms. The van der Waals surface area contributed by atoms with Crippen LogP contribution in [0.25, 0.3) is 0 Å². The number of thiophene rings is 1. The largest absolute Gasteiger partial charge is 0.397 e. The first-order valence-corrected chi connectivity index (χ1v) is 6.23. The number of anilines is 2. The van der Waals surface area contributed by atoms with Crippen molar-refractivity contribution in [3.05, 3.63) is 46.2 Å². The molecule has 86 valence electrons. The topological polar surface area (TPSA) is 61.8 Å². The number of hydrogen-bond donors (Lipinski definition) is 2. The fourth-order valence-electron chi connectivity index (χ4n) is 1.59. The second-order valence-corrected chi connectivity index (χ2v) is 4.62. The molecule has 0 saturated carbocycles. The Labute approximate surface area is 105 Å². The number of nitrogen functional groups attached to an aromatic ring is 1. The van der Waals surface area contributed by atoms with E-state index in [9.17, 15) is 0 Å². The summed E-state index contributed by atoms with van der Waals surface area (Å²) in [7, 11) is 0. The maximum Gasteiger partial charge on any atom is 0.0992 e. The highest BCUT2D eigenvalue weighted by molar-refractivity contribution is 7.07. The SMILES string of the molecule is CC(Nc1cc(C#N)ccc1N)c1ccsc1. The third kappa shape index (κ3) is 2.58. The second kappa shape index (κ2) is 4.89. The minimum Gasteiger partial charge on any atom is -0.397 e. The highest BCUT2D eigenvalue weighted by Crippen LogP contribution is 2.26. The molecule has 2 aromatic rings. The van der Waals surface area contributed by atoms with Crippen LogP contribution in [0.2, 0.25) is 0 Å². The van der Waals surface area contributed by atoms with E-state index in [1.54, 1.807) is 29.5 Å². The molecular weight excluding hydrogens is 230 g/mol. The van der Waals surface area contributed by atoms with Gasteiger partial charge in [0.25, 0.3) is 0 Å². The summed E-state index contributed by atoms with van der Waals surface area (Å²) in [6.07, 6.45) is 0. The first-order valence-electron chi connectivity index (χ1n) is 5.29. The van der Waals surface area contributed by atoms with Crippen LogP contribution in [-0.2, 0) is 0 Å². The van der Waals surface area contributed by atoms with E-state index in [-0.39, 0.29) is 6.04 Å². The number of nitriles is 1. The quantitative estimate of drug-likeness (QED) is 0.812. The lowest BCUT2D eigenvalue weighted by atomic mass is 10.1. The molecule has 3 N–H and O–H groups in total. The Morgan fingerprint density at radius 2 is 2.24 bits per heavy atom. The van der Waals surface area contributed by atoms with Gasteiger partial charge in [-0.3, -0.25) is 0 Å². The summed E-state index contributed by atoms with van der Waals surface area (Å²) in [6, 6.07) is 9.61. The highest BCUT2D eigenvalue weighted by atomic mass is 32.1. The van der Waals surface area contributed by atoms with Gasteiger partial charge in [-0.25, -0.2) is 0 Å². The molecule has 0 aliphatic heterocycles. The number of nitrogens with zero attached hydrogens (tertiary/aromatic N) is 1. The molecule has 1 aromatic carbocycles. The molecule has 1 aromatic heterocycles. The van der Waals surface area contributed by atoms with Gasteiger partial charge in [-0.1, -0.05) is 0 Å². The lowest BCUT2D eigenvalue weighted by Crippen LogP contribution is -2.07. The molecule has 0 amide bonds. The molecule has 1 heterocycles. The number of hydrogen-bond acceptors (Lipinski definition) is 4. The van der Waals surface area contributed by atoms with Gasteiger partial charge in [0.05, 0.1) is 23.0 Å². The van der Waals surface area contributed by atoms with Crippen LogP contribution in [-0.4, -0.2) is 0 Å². The summed E-state index contributed by atoms with van der Waals surface area (Å²) in [5.74, 6) is 0. The molecule has 1 unspecified atom stereocenters. The summed E-state index contributed by atoms with van der Waals surface area (Å²) in [5.41, 5.74) is 9.17. The standard InChI is InChI=1S/C13H13N3S/c1-9(11-4-5-17-8-11)16-13-6-10(7-14)2-3-12(13)15/h2-6,8-9,16H,15H2,1H3. The van der Waals surface area contributed by atoms with Crippen LogP contribution >= 0.6 is 11.3 Å². The maximum absolute atomic E-state index is 8.85. The van der Waals surface area contributed by atoms with Gasteiger partial charge in [-0.15, -0.1) is 0 Å². The number of benzene rings is 1. The van der Waals surface area contributed by atoms with Gasteiger partial charge < -0.3 is 11.1 Å². The van der Waals surface area contributed by atoms with E-state index in [1.807, 2.05) is 5.38 Å². The van der Waals surface area contributed by atoms with Crippen molar-refractivity contribution in [2.24, 2.45) is 0 Å². The Morgan fingerprint density at radius 3 is 2.88 bits per heavy atom. The van der Waals surface area contributed by atoms with E-state index >= 15 is 0 Å². The molecule has 0 radical (unpaired) electrons. The molecule has 4 heteroatoms. The molecule has 0 aliphatic carbocycles. The smallest absolute Gasteiger partial charge is 0.0992 e. The van der Waals surface area contributed by atoms with Gasteiger partial charge >= 0.3 is 0 Å². The Kier molecular flexibility index (Phi) is 3.31. The summed E-state index contributed by atoms with van der Waals surface area (Å²) in [4.78, 5) is 0. The van der Waals surface area contributed by atoms with Crippen LogP contribution in [0.1, 0.15) is 24.1 Å². The molecule has 3 nitrogen and oxygen atoms in total. The van der Waals surface area contributed by atoms with Crippen LogP contribution in [0, 0.1) is 11.3 Å². The fourth-order valence-corrected chi connectivity index (χ4v) is 2.34. The first-order chi connectivity index (χ1) is 8.20. The zero-order valence-electron chi connectivity index (χ0n) is 9.47. The van der Waals surface area contributed by atoms with Gasteiger partial charge in [-0.2, -0.15) is 16.6 Å². The predicted molar refractivity (Wildman–Crippen MR) is 71.9 cm³/mol. The van der Waals surface area contributed by atoms with E-state index in [0.29, 0.717) is 11.3 Å². The second-order valence-electron chi connectivity index (χ2n) is 3.84. The maximum atomic E-state index is 8.85. The lowest BCUT2D eigenvalue weighted by Gasteiger charge is -2.16. The van der Waals surface area contributed by atoms with Crippen molar-refractivity contribution in [1.82, 2.24) is 0 Å². The van der Waals surface area contributed by atoms with Crippen LogP contribution in [0.3, 0.4) is 0 Å². The highest BCUT2D eigenvalue weighted by Gasteiger charge is 2.08. The summed E-state index contributed by atoms with van der Waals surface area (Å²) in [5, 5.41) is 16.3. The van der Waals surface area contributed by atoms with Crippen molar-refractivity contribution in [1.29, 1.82) is 5.26 Å². The molecule has 0 bridgehead atoms. The normalized spacial score (nSPS) is 11.8. The van der Waals surface area contributed by atoms with E-state index in [0.717, 1.165) is 5.69 Å². The fraction of sp³-hybridized carbons (Fsp3) is 0.154. The average molecular weight is 243 g/mol. The molecule has 0 aliphatic rings. The van der Waals surface area contributed by atoms with Crippen molar-refractivity contribution < 1.29 is 0 Å². The van der Waals surface area contributed by atoms with Gasteiger partial charge in [0.2, 0.25) is 0 Å². The minimum absolute atomic E-state index is 0.178. The Hall–Kier alpha value is -1.99. The monoisotopic (exact) mass is 243 g/mol. The summed E-state index contributed by atoms with van der Waals surface area (Å²) < 4.78 is 0. The van der Waals surface area contributed by atoms with Crippen molar-refractivity contribution in [3.8, 4) is 6.07 Å². The van der Waals surface area contributed by atoms with Crippen molar-refractivity contribution >= 4 is 22.7 Å². The van der Waals surface area contributed by atoms with Crippen LogP contribution < -0.4 is 11.1 Å². The summed E-state index contributed by atoms with van der Waals surface area (Å²) >= 11 is 1.67. The van der Waals surface area contributed by atoms with E-state index in [4.69, 9.17) is 11.0 Å². The van der Waals surface area contributed by atoms with Gasteiger partial charge in [0.15, 0.2) is 0 Å². The third-order valence-corrected chi connectivity index (χ3v) is 3.30. The summed E-state index contributed by atoms with van der Waals surface area (Å²) in [6.45, 7) is 2.07. The molecule has 2 rings (SSSR count). The van der Waals surface area contributed by atoms with Gasteiger partial charge in [0, 0.05) is 6.04 Å². The van der Waals surface area contributed by atoms with E-state index in [1.165, 1.54) is 5.56 Å².